The molecule has 2 rings (SSSR count). The molecule has 0 aromatic carbocycles. The topological polar surface area (TPSA) is 28.4 Å². The van der Waals surface area contributed by atoms with Crippen LogP contribution in [0, 0.1) is 0 Å². The summed E-state index contributed by atoms with van der Waals surface area (Å²) < 4.78 is 5.64. The van der Waals surface area contributed by atoms with Gasteiger partial charge in [-0.1, -0.05) is 19.9 Å². The molecule has 0 saturated heterocycles. The van der Waals surface area contributed by atoms with Crippen LogP contribution in [0.5, 0.6) is 0 Å². The maximum Gasteiger partial charge on any atom is 0.118 e. The van der Waals surface area contributed by atoms with Crippen molar-refractivity contribution in [1.82, 2.24) is 10.2 Å². The summed E-state index contributed by atoms with van der Waals surface area (Å²) in [5.74, 6) is 1.06. The van der Waals surface area contributed by atoms with Gasteiger partial charge >= 0.3 is 0 Å². The molecular weight excluding hydrogens is 224 g/mol. The van der Waals surface area contributed by atoms with E-state index in [2.05, 4.69) is 36.7 Å². The van der Waals surface area contributed by atoms with Crippen LogP contribution >= 0.6 is 0 Å². The lowest BCUT2D eigenvalue weighted by atomic mass is 10.2. The van der Waals surface area contributed by atoms with Crippen LogP contribution in [0.15, 0.2) is 29.4 Å². The van der Waals surface area contributed by atoms with E-state index < -0.39 is 0 Å². The molecule has 0 amide bonds. The lowest BCUT2D eigenvalue weighted by Gasteiger charge is -2.18. The molecule has 1 aromatic heterocycles. The van der Waals surface area contributed by atoms with E-state index >= 15 is 0 Å². The molecular formula is C15H24N2O. The number of hydrogen-bond donors (Lipinski definition) is 1. The molecule has 1 heterocycles. The van der Waals surface area contributed by atoms with Crippen molar-refractivity contribution in [3.05, 3.63) is 36.3 Å². The predicted octanol–water partition coefficient (Wildman–Crippen LogP) is 2.93. The Balaban J connectivity index is 1.86. The van der Waals surface area contributed by atoms with Gasteiger partial charge < -0.3 is 9.73 Å². The average Bonchev–Trinajstić information content (AvgIpc) is 3.08. The van der Waals surface area contributed by atoms with Gasteiger partial charge in [0.15, 0.2) is 0 Å². The average molecular weight is 248 g/mol. The Kier molecular flexibility index (Phi) is 4.61. The molecule has 3 nitrogen and oxygen atoms in total. The van der Waals surface area contributed by atoms with Crippen molar-refractivity contribution in [3.8, 4) is 0 Å². The maximum atomic E-state index is 5.64. The van der Waals surface area contributed by atoms with Crippen LogP contribution in [0.25, 0.3) is 0 Å². The highest BCUT2D eigenvalue weighted by molar-refractivity contribution is 5.13. The molecule has 100 valence electrons. The van der Waals surface area contributed by atoms with Gasteiger partial charge in [0.2, 0.25) is 0 Å². The number of nitrogens with zero attached hydrogens (tertiary/aromatic N) is 1. The molecule has 0 aliphatic heterocycles. The van der Waals surface area contributed by atoms with E-state index in [0.29, 0.717) is 6.04 Å². The summed E-state index contributed by atoms with van der Waals surface area (Å²) >= 11 is 0. The van der Waals surface area contributed by atoms with Crippen LogP contribution in [0.4, 0.5) is 0 Å². The molecule has 1 fully saturated rings. The quantitative estimate of drug-likeness (QED) is 0.717. The highest BCUT2D eigenvalue weighted by atomic mass is 16.3. The Morgan fingerprint density at radius 2 is 2.33 bits per heavy atom. The minimum Gasteiger partial charge on any atom is -0.468 e. The standard InChI is InChI=1S/C15H24N2O/c1-4-7-17(14-5-6-14)10-15-8-13(11-18-15)9-16-12(2)3/h4,8,11-12,14,16H,1,5-7,9-10H2,2-3H3. The maximum absolute atomic E-state index is 5.64. The summed E-state index contributed by atoms with van der Waals surface area (Å²) in [5, 5.41) is 3.40. The molecule has 0 bridgehead atoms. The zero-order valence-electron chi connectivity index (χ0n) is 11.5. The first-order valence-electron chi connectivity index (χ1n) is 6.83. The Labute approximate surface area is 110 Å². The highest BCUT2D eigenvalue weighted by Crippen LogP contribution is 2.28. The predicted molar refractivity (Wildman–Crippen MR) is 74.3 cm³/mol. The first kappa shape index (κ1) is 13.4. The number of hydrogen-bond acceptors (Lipinski definition) is 3. The molecule has 18 heavy (non-hydrogen) atoms. The van der Waals surface area contributed by atoms with Gasteiger partial charge in [0, 0.05) is 30.7 Å². The van der Waals surface area contributed by atoms with Crippen molar-refractivity contribution in [1.29, 1.82) is 0 Å². The van der Waals surface area contributed by atoms with Crippen LogP contribution in [0.2, 0.25) is 0 Å². The van der Waals surface area contributed by atoms with Gasteiger partial charge in [0.25, 0.3) is 0 Å². The summed E-state index contributed by atoms with van der Waals surface area (Å²) in [6.07, 6.45) is 6.47. The van der Waals surface area contributed by atoms with Gasteiger partial charge in [0.05, 0.1) is 12.8 Å². The second-order valence-electron chi connectivity index (χ2n) is 5.41. The fraction of sp³-hybridized carbons (Fsp3) is 0.600. The molecule has 1 aromatic rings. The normalized spacial score (nSPS) is 15.6. The van der Waals surface area contributed by atoms with E-state index in [-0.39, 0.29) is 0 Å². The van der Waals surface area contributed by atoms with E-state index in [1.54, 1.807) is 0 Å². The molecule has 0 unspecified atom stereocenters. The van der Waals surface area contributed by atoms with E-state index in [4.69, 9.17) is 4.42 Å². The van der Waals surface area contributed by atoms with E-state index in [1.165, 1.54) is 18.4 Å². The highest BCUT2D eigenvalue weighted by Gasteiger charge is 2.28. The zero-order chi connectivity index (χ0) is 13.0. The first-order chi connectivity index (χ1) is 8.69. The fourth-order valence-electron chi connectivity index (χ4n) is 2.07. The van der Waals surface area contributed by atoms with Gasteiger partial charge in [-0.3, -0.25) is 4.90 Å². The second kappa shape index (κ2) is 6.21. The Hall–Kier alpha value is -1.06. The Morgan fingerprint density at radius 3 is 2.94 bits per heavy atom. The molecule has 0 radical (unpaired) electrons. The number of furan rings is 1. The van der Waals surface area contributed by atoms with Gasteiger partial charge in [-0.05, 0) is 18.9 Å². The van der Waals surface area contributed by atoms with Crippen LogP contribution in [-0.4, -0.2) is 23.5 Å². The summed E-state index contributed by atoms with van der Waals surface area (Å²) in [4.78, 5) is 2.44. The number of rotatable bonds is 8. The first-order valence-corrected chi connectivity index (χ1v) is 6.83. The molecule has 0 atom stereocenters. The van der Waals surface area contributed by atoms with Crippen molar-refractivity contribution < 1.29 is 4.42 Å². The van der Waals surface area contributed by atoms with Gasteiger partial charge in [-0.25, -0.2) is 0 Å². The third kappa shape index (κ3) is 4.00. The van der Waals surface area contributed by atoms with Crippen molar-refractivity contribution >= 4 is 0 Å². The smallest absolute Gasteiger partial charge is 0.118 e. The van der Waals surface area contributed by atoms with Crippen molar-refractivity contribution in [2.45, 2.75) is 51.9 Å². The monoisotopic (exact) mass is 248 g/mol. The molecule has 1 N–H and O–H groups in total. The summed E-state index contributed by atoms with van der Waals surface area (Å²) in [7, 11) is 0. The molecule has 1 aliphatic rings. The lowest BCUT2D eigenvalue weighted by molar-refractivity contribution is 0.258. The van der Waals surface area contributed by atoms with Crippen LogP contribution in [0.3, 0.4) is 0 Å². The largest absolute Gasteiger partial charge is 0.468 e. The molecule has 1 saturated carbocycles. The second-order valence-corrected chi connectivity index (χ2v) is 5.41. The molecule has 0 spiro atoms. The van der Waals surface area contributed by atoms with Crippen LogP contribution < -0.4 is 5.32 Å². The minimum absolute atomic E-state index is 0.507. The minimum atomic E-state index is 0.507. The SMILES string of the molecule is C=CCN(Cc1cc(CNC(C)C)co1)C1CC1. The summed E-state index contributed by atoms with van der Waals surface area (Å²) in [6.45, 7) is 10.9. The third-order valence-electron chi connectivity index (χ3n) is 3.21. The number of nitrogens with one attached hydrogen (secondary N) is 1. The summed E-state index contributed by atoms with van der Waals surface area (Å²) in [5.41, 5.74) is 1.23. The van der Waals surface area contributed by atoms with E-state index in [9.17, 15) is 0 Å². The van der Waals surface area contributed by atoms with Gasteiger partial charge in [-0.15, -0.1) is 6.58 Å². The molecule has 3 heteroatoms. The fourth-order valence-corrected chi connectivity index (χ4v) is 2.07. The van der Waals surface area contributed by atoms with Gasteiger partial charge in [0.1, 0.15) is 5.76 Å². The van der Waals surface area contributed by atoms with Crippen LogP contribution in [0.1, 0.15) is 38.0 Å². The van der Waals surface area contributed by atoms with Crippen LogP contribution in [-0.2, 0) is 13.1 Å². The zero-order valence-corrected chi connectivity index (χ0v) is 11.5. The van der Waals surface area contributed by atoms with Gasteiger partial charge in [-0.2, -0.15) is 0 Å². The van der Waals surface area contributed by atoms with E-state index in [0.717, 1.165) is 31.4 Å². The van der Waals surface area contributed by atoms with Crippen molar-refractivity contribution in [3.63, 3.8) is 0 Å². The molecule has 1 aliphatic carbocycles. The van der Waals surface area contributed by atoms with Crippen molar-refractivity contribution in [2.24, 2.45) is 0 Å². The Bertz CT molecular complexity index is 380. The summed E-state index contributed by atoms with van der Waals surface area (Å²) in [6, 6.07) is 3.41. The third-order valence-corrected chi connectivity index (χ3v) is 3.21. The van der Waals surface area contributed by atoms with Crippen molar-refractivity contribution in [2.75, 3.05) is 6.54 Å². The van der Waals surface area contributed by atoms with E-state index in [1.807, 2.05) is 12.3 Å². The Morgan fingerprint density at radius 1 is 1.56 bits per heavy atom. The lowest BCUT2D eigenvalue weighted by Crippen LogP contribution is -2.25.